The highest BCUT2D eigenvalue weighted by atomic mass is 32.2. The molecule has 0 saturated heterocycles. The summed E-state index contributed by atoms with van der Waals surface area (Å²) >= 11 is 0. The molecule has 1 atom stereocenters. The minimum atomic E-state index is -4.55. The lowest BCUT2D eigenvalue weighted by atomic mass is 10.3. The Labute approximate surface area is 161 Å². The maximum Gasteiger partial charge on any atom is 0.411 e. The summed E-state index contributed by atoms with van der Waals surface area (Å²) in [7, 11) is -2.51. The average molecular weight is 416 g/mol. The van der Waals surface area contributed by atoms with Gasteiger partial charge < -0.3 is 10.1 Å². The fourth-order valence-electron chi connectivity index (χ4n) is 2.21. The molecule has 0 aromatic heterocycles. The van der Waals surface area contributed by atoms with Crippen LogP contribution < -0.4 is 9.62 Å². The summed E-state index contributed by atoms with van der Waals surface area (Å²) in [5, 5.41) is 2.35. The average Bonchev–Trinajstić information content (AvgIpc) is 2.65. The van der Waals surface area contributed by atoms with Crippen LogP contribution in [0.1, 0.15) is 6.92 Å². The van der Waals surface area contributed by atoms with E-state index in [1.54, 1.807) is 30.3 Å². The van der Waals surface area contributed by atoms with E-state index in [1.165, 1.54) is 38.2 Å². The fourth-order valence-corrected chi connectivity index (χ4v) is 3.45. The highest BCUT2D eigenvalue weighted by Gasteiger charge is 2.30. The third-order valence-corrected chi connectivity index (χ3v) is 5.53. The van der Waals surface area contributed by atoms with Crippen molar-refractivity contribution < 1.29 is 31.1 Å². The Morgan fingerprint density at radius 2 is 1.79 bits per heavy atom. The molecule has 0 aliphatic heterocycles. The first-order valence-corrected chi connectivity index (χ1v) is 9.58. The molecule has 1 N–H and O–H groups in total. The predicted octanol–water partition coefficient (Wildman–Crippen LogP) is 3.42. The Kier molecular flexibility index (Phi) is 6.68. The van der Waals surface area contributed by atoms with Gasteiger partial charge in [-0.15, -0.1) is 0 Å². The number of nitrogens with one attached hydrogen (secondary N) is 1. The molecular weight excluding hydrogens is 397 g/mol. The van der Waals surface area contributed by atoms with Crippen LogP contribution in [0.2, 0.25) is 0 Å². The Hall–Kier alpha value is -2.59. The van der Waals surface area contributed by atoms with E-state index >= 15 is 0 Å². The number of anilines is 2. The zero-order valence-electron chi connectivity index (χ0n) is 15.1. The first-order chi connectivity index (χ1) is 13.0. The van der Waals surface area contributed by atoms with Crippen molar-refractivity contribution in [2.75, 3.05) is 23.3 Å². The molecule has 10 heteroatoms. The van der Waals surface area contributed by atoms with Crippen molar-refractivity contribution in [1.29, 1.82) is 0 Å². The van der Waals surface area contributed by atoms with Gasteiger partial charge in [0.05, 0.1) is 10.6 Å². The number of rotatable bonds is 7. The van der Waals surface area contributed by atoms with Gasteiger partial charge in [-0.2, -0.15) is 13.2 Å². The summed E-state index contributed by atoms with van der Waals surface area (Å²) in [5.74, 6) is -0.824. The molecule has 6 nitrogen and oxygen atoms in total. The SMILES string of the molecule is C[C@H](OCC(F)(F)F)C(=O)Nc1cccc(S(=O)(=O)N(C)c2ccccc2)c1. The lowest BCUT2D eigenvalue weighted by Crippen LogP contribution is -2.31. The van der Waals surface area contributed by atoms with Gasteiger partial charge in [0.25, 0.3) is 15.9 Å². The molecule has 2 rings (SSSR count). The maximum atomic E-state index is 12.8. The number of carbonyl (C=O) groups excluding carboxylic acids is 1. The highest BCUT2D eigenvalue weighted by Crippen LogP contribution is 2.24. The standard InChI is InChI=1S/C18H19F3N2O4S/c1-13(27-12-18(19,20)21)17(24)22-14-7-6-10-16(11-14)28(25,26)23(2)15-8-4-3-5-9-15/h3-11,13H,12H2,1-2H3,(H,22,24)/t13-/m0/s1. The quantitative estimate of drug-likeness (QED) is 0.751. The number of ether oxygens (including phenoxy) is 1. The summed E-state index contributed by atoms with van der Waals surface area (Å²) in [6.45, 7) is -0.386. The second kappa shape index (κ2) is 8.61. The van der Waals surface area contributed by atoms with Crippen LogP contribution in [0.3, 0.4) is 0 Å². The molecule has 2 aromatic rings. The van der Waals surface area contributed by atoms with Crippen molar-refractivity contribution in [2.45, 2.75) is 24.1 Å². The van der Waals surface area contributed by atoms with Crippen LogP contribution in [0.15, 0.2) is 59.5 Å². The first kappa shape index (κ1) is 21.7. The normalized spacial score (nSPS) is 13.0. The Morgan fingerprint density at radius 3 is 2.39 bits per heavy atom. The van der Waals surface area contributed by atoms with Crippen molar-refractivity contribution >= 4 is 27.3 Å². The minimum Gasteiger partial charge on any atom is -0.359 e. The van der Waals surface area contributed by atoms with Crippen LogP contribution in [0.4, 0.5) is 24.5 Å². The van der Waals surface area contributed by atoms with E-state index in [1.807, 2.05) is 0 Å². The van der Waals surface area contributed by atoms with Crippen LogP contribution in [0, 0.1) is 0 Å². The van der Waals surface area contributed by atoms with E-state index < -0.39 is 34.8 Å². The number of halogens is 3. The van der Waals surface area contributed by atoms with E-state index in [-0.39, 0.29) is 10.6 Å². The van der Waals surface area contributed by atoms with Gasteiger partial charge in [0.2, 0.25) is 0 Å². The molecule has 0 bridgehead atoms. The third kappa shape index (κ3) is 5.70. The highest BCUT2D eigenvalue weighted by molar-refractivity contribution is 7.92. The Balaban J connectivity index is 2.14. The van der Waals surface area contributed by atoms with Crippen molar-refractivity contribution in [2.24, 2.45) is 0 Å². The number of amides is 1. The number of hydrogen-bond acceptors (Lipinski definition) is 4. The van der Waals surface area contributed by atoms with Gasteiger partial charge in [-0.05, 0) is 37.3 Å². The van der Waals surface area contributed by atoms with Crippen molar-refractivity contribution in [3.63, 3.8) is 0 Å². The number of benzene rings is 2. The van der Waals surface area contributed by atoms with Crippen LogP contribution in [-0.2, 0) is 19.6 Å². The number of nitrogens with zero attached hydrogens (tertiary/aromatic N) is 1. The van der Waals surface area contributed by atoms with E-state index in [0.29, 0.717) is 5.69 Å². The van der Waals surface area contributed by atoms with Gasteiger partial charge in [-0.3, -0.25) is 9.10 Å². The van der Waals surface area contributed by atoms with Gasteiger partial charge in [0.1, 0.15) is 12.7 Å². The van der Waals surface area contributed by atoms with E-state index in [9.17, 15) is 26.4 Å². The topological polar surface area (TPSA) is 75.7 Å². The lowest BCUT2D eigenvalue weighted by molar-refractivity contribution is -0.184. The summed E-state index contributed by atoms with van der Waals surface area (Å²) in [6.07, 6.45) is -5.92. The molecule has 1 amide bonds. The van der Waals surface area contributed by atoms with Crippen LogP contribution in [0.25, 0.3) is 0 Å². The lowest BCUT2D eigenvalue weighted by Gasteiger charge is -2.20. The molecule has 0 spiro atoms. The van der Waals surface area contributed by atoms with Crippen molar-refractivity contribution in [3.8, 4) is 0 Å². The van der Waals surface area contributed by atoms with E-state index in [0.717, 1.165) is 4.31 Å². The molecule has 2 aromatic carbocycles. The molecule has 28 heavy (non-hydrogen) atoms. The first-order valence-electron chi connectivity index (χ1n) is 8.14. The largest absolute Gasteiger partial charge is 0.411 e. The summed E-state index contributed by atoms with van der Waals surface area (Å²) in [4.78, 5) is 11.9. The van der Waals surface area contributed by atoms with Crippen molar-refractivity contribution in [1.82, 2.24) is 0 Å². The second-order valence-corrected chi connectivity index (χ2v) is 7.86. The number of alkyl halides is 3. The zero-order valence-corrected chi connectivity index (χ0v) is 15.9. The molecule has 0 saturated carbocycles. The van der Waals surface area contributed by atoms with Crippen LogP contribution in [-0.4, -0.2) is 40.3 Å². The molecule has 0 unspecified atom stereocenters. The Bertz CT molecular complexity index is 918. The minimum absolute atomic E-state index is 0.0829. The molecule has 0 aliphatic carbocycles. The number of sulfonamides is 1. The van der Waals surface area contributed by atoms with Gasteiger partial charge in [0, 0.05) is 12.7 Å². The number of para-hydroxylation sites is 1. The zero-order chi connectivity index (χ0) is 20.9. The van der Waals surface area contributed by atoms with E-state index in [2.05, 4.69) is 10.1 Å². The van der Waals surface area contributed by atoms with Crippen molar-refractivity contribution in [3.05, 3.63) is 54.6 Å². The third-order valence-electron chi connectivity index (χ3n) is 3.75. The monoisotopic (exact) mass is 416 g/mol. The maximum absolute atomic E-state index is 12.8. The predicted molar refractivity (Wildman–Crippen MR) is 98.6 cm³/mol. The molecule has 0 radical (unpaired) electrons. The summed E-state index contributed by atoms with van der Waals surface area (Å²) in [5.41, 5.74) is 0.570. The van der Waals surface area contributed by atoms with Crippen LogP contribution in [0.5, 0.6) is 0 Å². The Morgan fingerprint density at radius 1 is 1.14 bits per heavy atom. The fraction of sp³-hybridized carbons (Fsp3) is 0.278. The van der Waals surface area contributed by atoms with E-state index in [4.69, 9.17) is 0 Å². The van der Waals surface area contributed by atoms with Gasteiger partial charge in [0.15, 0.2) is 0 Å². The molecule has 0 aliphatic rings. The number of carbonyl (C=O) groups is 1. The summed E-state index contributed by atoms with van der Waals surface area (Å²) in [6, 6.07) is 13.8. The second-order valence-electron chi connectivity index (χ2n) is 5.89. The van der Waals surface area contributed by atoms with Gasteiger partial charge in [-0.25, -0.2) is 8.42 Å². The number of hydrogen-bond donors (Lipinski definition) is 1. The molecule has 152 valence electrons. The smallest absolute Gasteiger partial charge is 0.359 e. The summed E-state index contributed by atoms with van der Waals surface area (Å²) < 4.78 is 67.7. The van der Waals surface area contributed by atoms with Gasteiger partial charge >= 0.3 is 6.18 Å². The molecule has 0 fully saturated rings. The van der Waals surface area contributed by atoms with Gasteiger partial charge in [-0.1, -0.05) is 24.3 Å². The molecular formula is C18H19F3N2O4S. The van der Waals surface area contributed by atoms with Crippen LogP contribution >= 0.6 is 0 Å². The molecule has 0 heterocycles.